The minimum absolute atomic E-state index is 0.115. The zero-order chi connectivity index (χ0) is 12.4. The van der Waals surface area contributed by atoms with Gasteiger partial charge in [0, 0.05) is 7.11 Å². The number of methoxy groups -OCH3 is 1. The van der Waals surface area contributed by atoms with Crippen LogP contribution in [0.25, 0.3) is 0 Å². The van der Waals surface area contributed by atoms with Crippen molar-refractivity contribution >= 4 is 5.69 Å². The molecule has 2 N–H and O–H groups in total. The number of rotatable bonds is 2. The van der Waals surface area contributed by atoms with Gasteiger partial charge in [0.25, 0.3) is 0 Å². The molecule has 0 amide bonds. The summed E-state index contributed by atoms with van der Waals surface area (Å²) in [5, 5.41) is 6.88. The maximum atomic E-state index is 5.97. The summed E-state index contributed by atoms with van der Waals surface area (Å²) in [6.07, 6.45) is 2.30. The van der Waals surface area contributed by atoms with Crippen molar-refractivity contribution in [1.29, 1.82) is 0 Å². The van der Waals surface area contributed by atoms with Gasteiger partial charge in [-0.25, -0.2) is 0 Å². The molecule has 1 aromatic rings. The van der Waals surface area contributed by atoms with E-state index < -0.39 is 0 Å². The van der Waals surface area contributed by atoms with E-state index in [0.29, 0.717) is 6.61 Å². The molecule has 4 heteroatoms. The molecule has 2 heterocycles. The summed E-state index contributed by atoms with van der Waals surface area (Å²) >= 11 is 0. The van der Waals surface area contributed by atoms with Crippen molar-refractivity contribution in [2.24, 2.45) is 0 Å². The summed E-state index contributed by atoms with van der Waals surface area (Å²) in [4.78, 5) is 0. The van der Waals surface area contributed by atoms with Crippen molar-refractivity contribution in [2.75, 3.05) is 38.7 Å². The highest BCUT2D eigenvalue weighted by molar-refractivity contribution is 5.62. The summed E-state index contributed by atoms with van der Waals surface area (Å²) < 4.78 is 11.1. The van der Waals surface area contributed by atoms with Gasteiger partial charge in [-0.05, 0) is 49.2 Å². The molecule has 0 fully saturated rings. The predicted molar refractivity (Wildman–Crippen MR) is 71.5 cm³/mol. The maximum absolute atomic E-state index is 5.97. The average Bonchev–Trinajstić information content (AvgIpc) is 2.61. The lowest BCUT2D eigenvalue weighted by atomic mass is 10.0. The van der Waals surface area contributed by atoms with Crippen molar-refractivity contribution in [3.63, 3.8) is 0 Å². The smallest absolute Gasteiger partial charge is 0.143 e. The molecule has 0 saturated carbocycles. The second-order valence-corrected chi connectivity index (χ2v) is 4.94. The molecule has 4 nitrogen and oxygen atoms in total. The van der Waals surface area contributed by atoms with Crippen LogP contribution in [-0.4, -0.2) is 39.5 Å². The predicted octanol–water partition coefficient (Wildman–Crippen LogP) is 1.19. The van der Waals surface area contributed by atoms with Crippen LogP contribution in [0.1, 0.15) is 11.1 Å². The van der Waals surface area contributed by atoms with Crippen molar-refractivity contribution < 1.29 is 9.47 Å². The molecule has 0 saturated heterocycles. The standard InChI is InChI=1S/C14H20N2O2/c1-17-9-12-8-16-13-6-10-2-4-15-5-3-11(10)7-14(13)18-12/h6-7,12,15-16H,2-5,8-9H2,1H3. The molecule has 1 aromatic carbocycles. The van der Waals surface area contributed by atoms with Crippen LogP contribution >= 0.6 is 0 Å². The van der Waals surface area contributed by atoms with E-state index in [1.807, 2.05) is 0 Å². The summed E-state index contributed by atoms with van der Waals surface area (Å²) in [7, 11) is 1.71. The average molecular weight is 248 g/mol. The third-order valence-electron chi connectivity index (χ3n) is 3.61. The van der Waals surface area contributed by atoms with Gasteiger partial charge in [0.15, 0.2) is 0 Å². The minimum atomic E-state index is 0.115. The maximum Gasteiger partial charge on any atom is 0.143 e. The monoisotopic (exact) mass is 248 g/mol. The van der Waals surface area contributed by atoms with E-state index >= 15 is 0 Å². The molecule has 18 heavy (non-hydrogen) atoms. The number of nitrogens with one attached hydrogen (secondary N) is 2. The third-order valence-corrected chi connectivity index (χ3v) is 3.61. The third kappa shape index (κ3) is 2.31. The van der Waals surface area contributed by atoms with Gasteiger partial charge in [0.05, 0.1) is 18.8 Å². The van der Waals surface area contributed by atoms with Gasteiger partial charge in [-0.1, -0.05) is 0 Å². The highest BCUT2D eigenvalue weighted by atomic mass is 16.5. The first-order chi connectivity index (χ1) is 8.86. The molecule has 1 atom stereocenters. The lowest BCUT2D eigenvalue weighted by Gasteiger charge is -2.28. The number of anilines is 1. The highest BCUT2D eigenvalue weighted by Crippen LogP contribution is 2.33. The molecule has 1 unspecified atom stereocenters. The van der Waals surface area contributed by atoms with Crippen LogP contribution in [0.4, 0.5) is 5.69 Å². The van der Waals surface area contributed by atoms with Gasteiger partial charge in [0.2, 0.25) is 0 Å². The fourth-order valence-electron chi connectivity index (χ4n) is 2.66. The Morgan fingerprint density at radius 1 is 1.28 bits per heavy atom. The molecular weight excluding hydrogens is 228 g/mol. The molecule has 0 aromatic heterocycles. The molecule has 0 bridgehead atoms. The first kappa shape index (κ1) is 11.8. The molecule has 98 valence electrons. The van der Waals surface area contributed by atoms with E-state index in [2.05, 4.69) is 22.8 Å². The summed E-state index contributed by atoms with van der Waals surface area (Å²) in [5.41, 5.74) is 3.99. The Morgan fingerprint density at radius 3 is 2.83 bits per heavy atom. The summed E-state index contributed by atoms with van der Waals surface area (Å²) in [5.74, 6) is 0.976. The second kappa shape index (κ2) is 5.16. The zero-order valence-electron chi connectivity index (χ0n) is 10.8. The first-order valence-corrected chi connectivity index (χ1v) is 6.63. The van der Waals surface area contributed by atoms with Crippen molar-refractivity contribution in [3.8, 4) is 5.75 Å². The van der Waals surface area contributed by atoms with Crippen molar-refractivity contribution in [3.05, 3.63) is 23.3 Å². The molecule has 3 rings (SSSR count). The van der Waals surface area contributed by atoms with Crippen LogP contribution in [0.15, 0.2) is 12.1 Å². The van der Waals surface area contributed by atoms with Crippen LogP contribution in [0.3, 0.4) is 0 Å². The van der Waals surface area contributed by atoms with Crippen molar-refractivity contribution in [2.45, 2.75) is 18.9 Å². The fraction of sp³-hybridized carbons (Fsp3) is 0.571. The van der Waals surface area contributed by atoms with Gasteiger partial charge < -0.3 is 20.1 Å². The van der Waals surface area contributed by atoms with Gasteiger partial charge in [-0.3, -0.25) is 0 Å². The van der Waals surface area contributed by atoms with E-state index in [0.717, 1.165) is 43.9 Å². The molecule has 2 aliphatic heterocycles. The molecule has 0 radical (unpaired) electrons. The number of benzene rings is 1. The largest absolute Gasteiger partial charge is 0.484 e. The number of hydrogen-bond donors (Lipinski definition) is 2. The lowest BCUT2D eigenvalue weighted by molar-refractivity contribution is 0.0847. The number of fused-ring (bicyclic) bond motifs is 2. The Hall–Kier alpha value is -1.26. The lowest BCUT2D eigenvalue weighted by Crippen LogP contribution is -2.34. The molecular formula is C14H20N2O2. The van der Waals surface area contributed by atoms with Gasteiger partial charge in [-0.2, -0.15) is 0 Å². The van der Waals surface area contributed by atoms with E-state index in [1.54, 1.807) is 7.11 Å². The van der Waals surface area contributed by atoms with E-state index in [1.165, 1.54) is 11.1 Å². The first-order valence-electron chi connectivity index (χ1n) is 6.63. The van der Waals surface area contributed by atoms with Crippen LogP contribution in [-0.2, 0) is 17.6 Å². The SMILES string of the molecule is COCC1CNc2cc3c(cc2O1)CCNCC3. The van der Waals surface area contributed by atoms with Gasteiger partial charge >= 0.3 is 0 Å². The van der Waals surface area contributed by atoms with Crippen LogP contribution < -0.4 is 15.4 Å². The van der Waals surface area contributed by atoms with Crippen LogP contribution in [0.2, 0.25) is 0 Å². The zero-order valence-corrected chi connectivity index (χ0v) is 10.8. The second-order valence-electron chi connectivity index (χ2n) is 4.94. The quantitative estimate of drug-likeness (QED) is 0.825. The Kier molecular flexibility index (Phi) is 3.39. The van der Waals surface area contributed by atoms with Crippen LogP contribution in [0.5, 0.6) is 5.75 Å². The summed E-state index contributed by atoms with van der Waals surface area (Å²) in [6, 6.07) is 4.45. The summed E-state index contributed by atoms with van der Waals surface area (Å²) in [6.45, 7) is 3.57. The Balaban J connectivity index is 1.86. The minimum Gasteiger partial charge on any atom is -0.484 e. The molecule has 0 aliphatic carbocycles. The number of hydrogen-bond acceptors (Lipinski definition) is 4. The van der Waals surface area contributed by atoms with Crippen LogP contribution in [0, 0.1) is 0 Å². The Bertz CT molecular complexity index is 434. The topological polar surface area (TPSA) is 42.5 Å². The van der Waals surface area contributed by atoms with Gasteiger partial charge in [0.1, 0.15) is 11.9 Å². The highest BCUT2D eigenvalue weighted by Gasteiger charge is 2.21. The molecule has 2 aliphatic rings. The van der Waals surface area contributed by atoms with E-state index in [4.69, 9.17) is 9.47 Å². The molecule has 0 spiro atoms. The number of ether oxygens (including phenoxy) is 2. The normalized spacial score (nSPS) is 22.2. The van der Waals surface area contributed by atoms with E-state index in [9.17, 15) is 0 Å². The fourth-order valence-corrected chi connectivity index (χ4v) is 2.66. The Labute approximate surface area is 108 Å². The Morgan fingerprint density at radius 2 is 2.06 bits per heavy atom. The van der Waals surface area contributed by atoms with E-state index in [-0.39, 0.29) is 6.10 Å². The van der Waals surface area contributed by atoms with Crippen molar-refractivity contribution in [1.82, 2.24) is 5.32 Å². The van der Waals surface area contributed by atoms with Gasteiger partial charge in [-0.15, -0.1) is 0 Å².